The molecule has 2 N–H and O–H groups in total. The molecule has 118 valence electrons. The second-order valence-electron chi connectivity index (χ2n) is 4.87. The fraction of sp³-hybridized carbons (Fsp3) is 0.143. The predicted molar refractivity (Wildman–Crippen MR) is 86.9 cm³/mol. The molecule has 0 radical (unpaired) electrons. The Kier molecular flexibility index (Phi) is 4.43. The highest BCUT2D eigenvalue weighted by molar-refractivity contribution is 7.92. The molecule has 0 aliphatic rings. The average molecular weight is 340 g/mol. The van der Waals surface area contributed by atoms with E-state index in [1.807, 2.05) is 6.92 Å². The Balaban J connectivity index is 2.18. The van der Waals surface area contributed by atoms with Crippen molar-refractivity contribution in [2.24, 2.45) is 0 Å². The fourth-order valence-electron chi connectivity index (χ4n) is 1.75. The molecule has 0 saturated carbocycles. The van der Waals surface area contributed by atoms with E-state index >= 15 is 0 Å². The zero-order chi connectivity index (χ0) is 16.4. The molecular weight excluding hydrogens is 324 g/mol. The summed E-state index contributed by atoms with van der Waals surface area (Å²) < 4.78 is 51.4. The molecule has 0 saturated heterocycles. The van der Waals surface area contributed by atoms with Crippen molar-refractivity contribution >= 4 is 31.4 Å². The number of hydrogen-bond acceptors (Lipinski definition) is 4. The Labute approximate surface area is 130 Å². The van der Waals surface area contributed by atoms with Gasteiger partial charge in [-0.25, -0.2) is 16.8 Å². The minimum absolute atomic E-state index is 0.163. The lowest BCUT2D eigenvalue weighted by atomic mass is 10.2. The normalized spacial score (nSPS) is 11.9. The molecule has 0 unspecified atom stereocenters. The van der Waals surface area contributed by atoms with Crippen LogP contribution in [0.5, 0.6) is 0 Å². The zero-order valence-corrected chi connectivity index (χ0v) is 13.7. The first kappa shape index (κ1) is 16.3. The van der Waals surface area contributed by atoms with Crippen molar-refractivity contribution in [3.8, 4) is 0 Å². The SMILES string of the molecule is Cc1ccc(S(=O)(=O)Nc2ccc(NS(C)(=O)=O)cc2)cc1. The van der Waals surface area contributed by atoms with Crippen molar-refractivity contribution < 1.29 is 16.8 Å². The van der Waals surface area contributed by atoms with Crippen LogP contribution in [0.4, 0.5) is 11.4 Å². The molecule has 2 aromatic rings. The van der Waals surface area contributed by atoms with Crippen LogP contribution in [0.1, 0.15) is 5.56 Å². The Bertz CT molecular complexity index is 856. The number of sulfonamides is 2. The van der Waals surface area contributed by atoms with Crippen molar-refractivity contribution in [2.75, 3.05) is 15.7 Å². The van der Waals surface area contributed by atoms with E-state index < -0.39 is 20.0 Å². The molecular formula is C14H16N2O4S2. The molecule has 0 amide bonds. The van der Waals surface area contributed by atoms with Gasteiger partial charge in [0.2, 0.25) is 10.0 Å². The molecule has 8 heteroatoms. The van der Waals surface area contributed by atoms with Gasteiger partial charge in [-0.05, 0) is 43.3 Å². The molecule has 22 heavy (non-hydrogen) atoms. The molecule has 6 nitrogen and oxygen atoms in total. The van der Waals surface area contributed by atoms with Crippen LogP contribution >= 0.6 is 0 Å². The Morgan fingerprint density at radius 1 is 0.727 bits per heavy atom. The van der Waals surface area contributed by atoms with Gasteiger partial charge in [0.15, 0.2) is 0 Å². The van der Waals surface area contributed by atoms with Gasteiger partial charge in [-0.3, -0.25) is 9.44 Å². The number of anilines is 2. The van der Waals surface area contributed by atoms with Gasteiger partial charge in [-0.1, -0.05) is 17.7 Å². The molecule has 0 atom stereocenters. The van der Waals surface area contributed by atoms with Crippen molar-refractivity contribution in [3.05, 3.63) is 54.1 Å². The van der Waals surface area contributed by atoms with Crippen LogP contribution in [0.2, 0.25) is 0 Å². The lowest BCUT2D eigenvalue weighted by Gasteiger charge is -2.09. The summed E-state index contributed by atoms with van der Waals surface area (Å²) >= 11 is 0. The van der Waals surface area contributed by atoms with Crippen LogP contribution < -0.4 is 9.44 Å². The van der Waals surface area contributed by atoms with E-state index in [9.17, 15) is 16.8 Å². The van der Waals surface area contributed by atoms with Crippen molar-refractivity contribution in [1.82, 2.24) is 0 Å². The summed E-state index contributed by atoms with van der Waals surface area (Å²) in [6, 6.07) is 12.4. The van der Waals surface area contributed by atoms with Crippen LogP contribution in [0.3, 0.4) is 0 Å². The summed E-state index contributed by atoms with van der Waals surface area (Å²) in [6.45, 7) is 1.87. The van der Waals surface area contributed by atoms with Crippen LogP contribution in [0, 0.1) is 6.92 Å². The highest BCUT2D eigenvalue weighted by Gasteiger charge is 2.13. The van der Waals surface area contributed by atoms with E-state index in [1.165, 1.54) is 36.4 Å². The number of hydrogen-bond donors (Lipinski definition) is 2. The maximum absolute atomic E-state index is 12.2. The number of aryl methyl sites for hydroxylation is 1. The van der Waals surface area contributed by atoms with E-state index in [0.29, 0.717) is 11.4 Å². The minimum atomic E-state index is -3.67. The topological polar surface area (TPSA) is 92.3 Å². The molecule has 0 spiro atoms. The maximum atomic E-state index is 12.2. The van der Waals surface area contributed by atoms with Crippen LogP contribution in [0.15, 0.2) is 53.4 Å². The molecule has 0 fully saturated rings. The van der Waals surface area contributed by atoms with Crippen LogP contribution in [0.25, 0.3) is 0 Å². The lowest BCUT2D eigenvalue weighted by molar-refractivity contribution is 0.600. The molecule has 0 aliphatic heterocycles. The average Bonchev–Trinajstić information content (AvgIpc) is 2.39. The summed E-state index contributed by atoms with van der Waals surface area (Å²) in [5.74, 6) is 0. The molecule has 0 aromatic heterocycles. The van der Waals surface area contributed by atoms with Crippen molar-refractivity contribution in [2.45, 2.75) is 11.8 Å². The van der Waals surface area contributed by atoms with Crippen LogP contribution in [-0.4, -0.2) is 23.1 Å². The van der Waals surface area contributed by atoms with Gasteiger partial charge in [0.05, 0.1) is 11.2 Å². The molecule has 0 aliphatic carbocycles. The highest BCUT2D eigenvalue weighted by atomic mass is 32.2. The first-order chi connectivity index (χ1) is 10.2. The smallest absolute Gasteiger partial charge is 0.261 e. The van der Waals surface area contributed by atoms with E-state index in [1.54, 1.807) is 12.1 Å². The van der Waals surface area contributed by atoms with Gasteiger partial charge in [0, 0.05) is 11.4 Å². The van der Waals surface area contributed by atoms with Crippen molar-refractivity contribution in [1.29, 1.82) is 0 Å². The van der Waals surface area contributed by atoms with Gasteiger partial charge in [-0.2, -0.15) is 0 Å². The Morgan fingerprint density at radius 3 is 1.64 bits per heavy atom. The second kappa shape index (κ2) is 5.98. The summed E-state index contributed by atoms with van der Waals surface area (Å²) in [5.41, 5.74) is 1.68. The van der Waals surface area contributed by atoms with Gasteiger partial charge < -0.3 is 0 Å². The van der Waals surface area contributed by atoms with Gasteiger partial charge in [0.25, 0.3) is 10.0 Å². The third-order valence-electron chi connectivity index (χ3n) is 2.77. The molecule has 2 aromatic carbocycles. The monoisotopic (exact) mass is 340 g/mol. The summed E-state index contributed by atoms with van der Waals surface area (Å²) in [7, 11) is -7.03. The highest BCUT2D eigenvalue weighted by Crippen LogP contribution is 2.19. The van der Waals surface area contributed by atoms with E-state index in [2.05, 4.69) is 9.44 Å². The first-order valence-corrected chi connectivity index (χ1v) is 9.70. The van der Waals surface area contributed by atoms with E-state index in [4.69, 9.17) is 0 Å². The predicted octanol–water partition coefficient (Wildman–Crippen LogP) is 2.17. The summed E-state index contributed by atoms with van der Waals surface area (Å²) in [4.78, 5) is 0.163. The number of rotatable bonds is 5. The van der Waals surface area contributed by atoms with Crippen molar-refractivity contribution in [3.63, 3.8) is 0 Å². The first-order valence-electron chi connectivity index (χ1n) is 6.33. The standard InChI is InChI=1S/C14H16N2O4S2/c1-11-3-9-14(10-4-11)22(19,20)16-13-7-5-12(6-8-13)15-21(2,17)18/h3-10,15-16H,1-2H3. The molecule has 0 bridgehead atoms. The quantitative estimate of drug-likeness (QED) is 0.872. The van der Waals surface area contributed by atoms with E-state index in [0.717, 1.165) is 11.8 Å². The van der Waals surface area contributed by atoms with Gasteiger partial charge in [0.1, 0.15) is 0 Å². The maximum Gasteiger partial charge on any atom is 0.261 e. The largest absolute Gasteiger partial charge is 0.284 e. The number of benzene rings is 2. The zero-order valence-electron chi connectivity index (χ0n) is 12.1. The second-order valence-corrected chi connectivity index (χ2v) is 8.30. The van der Waals surface area contributed by atoms with Gasteiger partial charge >= 0.3 is 0 Å². The third-order valence-corrected chi connectivity index (χ3v) is 4.78. The molecule has 0 heterocycles. The van der Waals surface area contributed by atoms with E-state index in [-0.39, 0.29) is 4.90 Å². The van der Waals surface area contributed by atoms with Crippen LogP contribution in [-0.2, 0) is 20.0 Å². The Morgan fingerprint density at radius 2 is 1.18 bits per heavy atom. The van der Waals surface area contributed by atoms with Gasteiger partial charge in [-0.15, -0.1) is 0 Å². The minimum Gasteiger partial charge on any atom is -0.284 e. The molecule has 2 rings (SSSR count). The Hall–Kier alpha value is -2.06. The third kappa shape index (κ3) is 4.47. The summed E-state index contributed by atoms with van der Waals surface area (Å²) in [6.07, 6.45) is 1.04. The fourth-order valence-corrected chi connectivity index (χ4v) is 3.37. The lowest BCUT2D eigenvalue weighted by Crippen LogP contribution is -2.13. The summed E-state index contributed by atoms with van der Waals surface area (Å²) in [5, 5.41) is 0. The number of nitrogens with one attached hydrogen (secondary N) is 2.